The molecule has 0 unspecified atom stereocenters. The predicted octanol–water partition coefficient (Wildman–Crippen LogP) is 1.11. The summed E-state index contributed by atoms with van der Waals surface area (Å²) in [7, 11) is 0. The van der Waals surface area contributed by atoms with Gasteiger partial charge in [0.05, 0.1) is 0 Å². The number of aromatic nitrogens is 6. The summed E-state index contributed by atoms with van der Waals surface area (Å²) in [6, 6.07) is 6.05. The lowest BCUT2D eigenvalue weighted by molar-refractivity contribution is 0.634. The summed E-state index contributed by atoms with van der Waals surface area (Å²) in [5.41, 5.74) is 1.86. The predicted molar refractivity (Wildman–Crippen MR) is 91.4 cm³/mol. The highest BCUT2D eigenvalue weighted by Gasteiger charge is 2.20. The van der Waals surface area contributed by atoms with Crippen LogP contribution >= 0.6 is 0 Å². The van der Waals surface area contributed by atoms with Gasteiger partial charge in [0.25, 0.3) is 0 Å². The largest absolute Gasteiger partial charge is 0.353 e. The molecule has 0 aliphatic carbocycles. The quantitative estimate of drug-likeness (QED) is 0.714. The molecule has 0 amide bonds. The van der Waals surface area contributed by atoms with Gasteiger partial charge < -0.3 is 9.80 Å². The highest BCUT2D eigenvalue weighted by Crippen LogP contribution is 2.19. The van der Waals surface area contributed by atoms with Crippen molar-refractivity contribution in [1.82, 2.24) is 29.8 Å². The Balaban J connectivity index is 1.49. The van der Waals surface area contributed by atoms with Crippen molar-refractivity contribution in [2.24, 2.45) is 0 Å². The molecule has 1 aliphatic rings. The Bertz CT molecular complexity index is 850. The van der Waals surface area contributed by atoms with Crippen molar-refractivity contribution in [3.63, 3.8) is 0 Å². The van der Waals surface area contributed by atoms with Crippen molar-refractivity contribution in [2.45, 2.75) is 20.3 Å². The molecule has 1 aliphatic heterocycles. The van der Waals surface area contributed by atoms with E-state index in [-0.39, 0.29) is 0 Å². The molecule has 0 bridgehead atoms. The van der Waals surface area contributed by atoms with Gasteiger partial charge in [-0.05, 0) is 25.5 Å². The third-order valence-electron chi connectivity index (χ3n) is 4.31. The maximum atomic E-state index is 4.60. The van der Waals surface area contributed by atoms with E-state index in [0.29, 0.717) is 0 Å². The number of piperazine rings is 1. The van der Waals surface area contributed by atoms with Crippen molar-refractivity contribution >= 4 is 17.3 Å². The first-order valence-corrected chi connectivity index (χ1v) is 8.24. The zero-order valence-electron chi connectivity index (χ0n) is 13.9. The van der Waals surface area contributed by atoms with Crippen LogP contribution in [0.4, 0.5) is 11.6 Å². The first-order chi connectivity index (χ1) is 11.7. The summed E-state index contributed by atoms with van der Waals surface area (Å²) in [5, 5.41) is 12.4. The fourth-order valence-electron chi connectivity index (χ4n) is 3.01. The lowest BCUT2D eigenvalue weighted by atomic mass is 10.2. The SMILES string of the molecule is CCc1cc(N2CCN(c3ccc4nncn4n3)CC2)nc(C)n1. The lowest BCUT2D eigenvalue weighted by Gasteiger charge is -2.36. The van der Waals surface area contributed by atoms with E-state index in [1.165, 1.54) is 0 Å². The average molecular weight is 324 g/mol. The normalized spacial score (nSPS) is 15.2. The van der Waals surface area contributed by atoms with Gasteiger partial charge in [0.2, 0.25) is 0 Å². The number of fused-ring (bicyclic) bond motifs is 1. The molecule has 0 aromatic carbocycles. The molecule has 0 radical (unpaired) electrons. The van der Waals surface area contributed by atoms with Crippen LogP contribution in [0.1, 0.15) is 18.4 Å². The summed E-state index contributed by atoms with van der Waals surface area (Å²) in [6.45, 7) is 7.73. The molecule has 3 aromatic rings. The summed E-state index contributed by atoms with van der Waals surface area (Å²) in [6.07, 6.45) is 2.56. The molecule has 0 N–H and O–H groups in total. The molecule has 4 rings (SSSR count). The molecule has 1 saturated heterocycles. The molecule has 4 heterocycles. The molecule has 8 nitrogen and oxygen atoms in total. The van der Waals surface area contributed by atoms with E-state index in [0.717, 1.165) is 61.4 Å². The lowest BCUT2D eigenvalue weighted by Crippen LogP contribution is -2.47. The molecule has 8 heteroatoms. The number of aryl methyl sites for hydroxylation is 2. The number of hydrogen-bond donors (Lipinski definition) is 0. The van der Waals surface area contributed by atoms with Crippen LogP contribution in [0, 0.1) is 6.92 Å². The molecule has 1 fully saturated rings. The summed E-state index contributed by atoms with van der Waals surface area (Å²) in [4.78, 5) is 13.7. The van der Waals surface area contributed by atoms with Gasteiger partial charge in [0, 0.05) is 37.9 Å². The second kappa shape index (κ2) is 6.03. The molecule has 3 aromatic heterocycles. The van der Waals surface area contributed by atoms with Gasteiger partial charge in [-0.25, -0.2) is 9.97 Å². The average Bonchev–Trinajstić information content (AvgIpc) is 3.09. The van der Waals surface area contributed by atoms with Gasteiger partial charge in [-0.3, -0.25) is 0 Å². The number of rotatable bonds is 3. The second-order valence-corrected chi connectivity index (χ2v) is 5.92. The number of nitrogens with zero attached hydrogens (tertiary/aromatic N) is 8. The van der Waals surface area contributed by atoms with E-state index in [1.807, 2.05) is 19.1 Å². The Morgan fingerprint density at radius 2 is 1.75 bits per heavy atom. The van der Waals surface area contributed by atoms with E-state index < -0.39 is 0 Å². The first-order valence-electron chi connectivity index (χ1n) is 8.24. The van der Waals surface area contributed by atoms with E-state index in [2.05, 4.69) is 48.1 Å². The minimum atomic E-state index is 0.765. The van der Waals surface area contributed by atoms with Crippen molar-refractivity contribution in [2.75, 3.05) is 36.0 Å². The summed E-state index contributed by atoms with van der Waals surface area (Å²) < 4.78 is 1.71. The van der Waals surface area contributed by atoms with Crippen LogP contribution in [0.3, 0.4) is 0 Å². The van der Waals surface area contributed by atoms with Crippen LogP contribution in [0.15, 0.2) is 24.5 Å². The summed E-state index contributed by atoms with van der Waals surface area (Å²) in [5.74, 6) is 2.82. The molecule has 24 heavy (non-hydrogen) atoms. The molecule has 124 valence electrons. The van der Waals surface area contributed by atoms with E-state index in [1.54, 1.807) is 10.8 Å². The number of anilines is 2. The van der Waals surface area contributed by atoms with Gasteiger partial charge in [-0.15, -0.1) is 15.3 Å². The van der Waals surface area contributed by atoms with Crippen LogP contribution in [0.2, 0.25) is 0 Å². The maximum Gasteiger partial charge on any atom is 0.177 e. The minimum Gasteiger partial charge on any atom is -0.353 e. The summed E-state index contributed by atoms with van der Waals surface area (Å²) >= 11 is 0. The van der Waals surface area contributed by atoms with Crippen LogP contribution in [0.25, 0.3) is 5.65 Å². The fourth-order valence-corrected chi connectivity index (χ4v) is 3.01. The third kappa shape index (κ3) is 2.75. The van der Waals surface area contributed by atoms with E-state index in [9.17, 15) is 0 Å². The molecule has 0 saturated carbocycles. The fraction of sp³-hybridized carbons (Fsp3) is 0.438. The van der Waals surface area contributed by atoms with Crippen molar-refractivity contribution < 1.29 is 0 Å². The molecule has 0 spiro atoms. The zero-order valence-corrected chi connectivity index (χ0v) is 13.9. The van der Waals surface area contributed by atoms with Crippen molar-refractivity contribution in [1.29, 1.82) is 0 Å². The topological polar surface area (TPSA) is 75.3 Å². The van der Waals surface area contributed by atoms with Gasteiger partial charge in [-0.2, -0.15) is 4.52 Å². The third-order valence-corrected chi connectivity index (χ3v) is 4.31. The van der Waals surface area contributed by atoms with Gasteiger partial charge >= 0.3 is 0 Å². The highest BCUT2D eigenvalue weighted by atomic mass is 15.4. The molecular weight excluding hydrogens is 304 g/mol. The van der Waals surface area contributed by atoms with Gasteiger partial charge in [0.1, 0.15) is 23.8 Å². The first kappa shape index (κ1) is 14.8. The zero-order chi connectivity index (χ0) is 16.5. The minimum absolute atomic E-state index is 0.765. The van der Waals surface area contributed by atoms with Crippen LogP contribution in [0.5, 0.6) is 0 Å². The molecule has 0 atom stereocenters. The van der Waals surface area contributed by atoms with Gasteiger partial charge in [-0.1, -0.05) is 6.92 Å². The maximum absolute atomic E-state index is 4.60. The standard InChI is InChI=1S/C16H20N8/c1-3-13-10-16(19-12(2)18-13)23-8-6-22(7-9-23)15-5-4-14-20-17-11-24(14)21-15/h4-5,10-11H,3,6-9H2,1-2H3. The van der Waals surface area contributed by atoms with Crippen LogP contribution in [-0.2, 0) is 6.42 Å². The van der Waals surface area contributed by atoms with Crippen LogP contribution < -0.4 is 9.80 Å². The Morgan fingerprint density at radius 3 is 2.50 bits per heavy atom. The van der Waals surface area contributed by atoms with Gasteiger partial charge in [0.15, 0.2) is 5.65 Å². The second-order valence-electron chi connectivity index (χ2n) is 5.92. The Labute approximate surface area is 140 Å². The van der Waals surface area contributed by atoms with E-state index in [4.69, 9.17) is 0 Å². The smallest absolute Gasteiger partial charge is 0.177 e. The number of hydrogen-bond acceptors (Lipinski definition) is 7. The Hall–Kier alpha value is -2.77. The van der Waals surface area contributed by atoms with Crippen molar-refractivity contribution in [3.8, 4) is 0 Å². The highest BCUT2D eigenvalue weighted by molar-refractivity contribution is 5.48. The van der Waals surface area contributed by atoms with E-state index >= 15 is 0 Å². The van der Waals surface area contributed by atoms with Crippen molar-refractivity contribution in [3.05, 3.63) is 36.0 Å². The molecular formula is C16H20N8. The monoisotopic (exact) mass is 324 g/mol. The van der Waals surface area contributed by atoms with Crippen LogP contribution in [-0.4, -0.2) is 56.0 Å². The Morgan fingerprint density at radius 1 is 1.00 bits per heavy atom. The Kier molecular flexibility index (Phi) is 3.72.